The van der Waals surface area contributed by atoms with E-state index in [4.69, 9.17) is 37.1 Å². The summed E-state index contributed by atoms with van der Waals surface area (Å²) in [5, 5.41) is 3.62. The van der Waals surface area contributed by atoms with E-state index < -0.39 is 5.91 Å². The summed E-state index contributed by atoms with van der Waals surface area (Å²) < 4.78 is 16.0. The molecule has 1 heterocycles. The molecule has 0 radical (unpaired) electrons. The van der Waals surface area contributed by atoms with E-state index >= 15 is 0 Å². The van der Waals surface area contributed by atoms with Crippen LogP contribution in [0.5, 0.6) is 11.5 Å². The molecule has 1 aromatic heterocycles. The number of rotatable bonds is 5. The Balaban J connectivity index is 1.81. The Hall–Kier alpha value is -2.63. The Labute approximate surface area is 160 Å². The average molecular weight is 392 g/mol. The summed E-state index contributed by atoms with van der Waals surface area (Å²) >= 11 is 11.9. The summed E-state index contributed by atoms with van der Waals surface area (Å²) in [7, 11) is 3.07. The summed E-state index contributed by atoms with van der Waals surface area (Å²) in [5.41, 5.74) is 1.23. The molecule has 0 aliphatic carbocycles. The van der Waals surface area contributed by atoms with Crippen molar-refractivity contribution in [1.29, 1.82) is 0 Å². The molecule has 134 valence electrons. The number of halogens is 2. The molecular formula is C19H15Cl2NO4. The molecule has 0 spiro atoms. The van der Waals surface area contributed by atoms with Crippen LogP contribution in [0.25, 0.3) is 11.3 Å². The van der Waals surface area contributed by atoms with Gasteiger partial charge in [-0.05, 0) is 42.5 Å². The molecule has 0 atom stereocenters. The van der Waals surface area contributed by atoms with E-state index in [1.54, 1.807) is 55.6 Å². The second kappa shape index (κ2) is 7.72. The van der Waals surface area contributed by atoms with Crippen LogP contribution in [0.3, 0.4) is 0 Å². The maximum Gasteiger partial charge on any atom is 0.291 e. The fourth-order valence-electron chi connectivity index (χ4n) is 2.35. The highest BCUT2D eigenvalue weighted by molar-refractivity contribution is 6.42. The van der Waals surface area contributed by atoms with Crippen LogP contribution in [0.4, 0.5) is 5.69 Å². The van der Waals surface area contributed by atoms with Gasteiger partial charge in [0.25, 0.3) is 5.91 Å². The molecule has 3 aromatic rings. The lowest BCUT2D eigenvalue weighted by molar-refractivity contribution is 0.0997. The number of ether oxygens (including phenoxy) is 2. The van der Waals surface area contributed by atoms with Crippen molar-refractivity contribution in [2.24, 2.45) is 0 Å². The number of hydrogen-bond acceptors (Lipinski definition) is 4. The Morgan fingerprint density at radius 3 is 2.46 bits per heavy atom. The van der Waals surface area contributed by atoms with Crippen molar-refractivity contribution >= 4 is 34.8 Å². The van der Waals surface area contributed by atoms with Crippen molar-refractivity contribution in [1.82, 2.24) is 0 Å². The first-order valence-corrected chi connectivity index (χ1v) is 8.36. The van der Waals surface area contributed by atoms with E-state index in [-0.39, 0.29) is 5.76 Å². The second-order valence-corrected chi connectivity index (χ2v) is 6.13. The minimum atomic E-state index is -0.403. The topological polar surface area (TPSA) is 60.7 Å². The minimum absolute atomic E-state index is 0.156. The molecule has 7 heteroatoms. The van der Waals surface area contributed by atoms with Crippen LogP contribution in [0, 0.1) is 0 Å². The van der Waals surface area contributed by atoms with Gasteiger partial charge in [0, 0.05) is 11.6 Å². The predicted octanol–water partition coefficient (Wildman–Crippen LogP) is 5.52. The quantitative estimate of drug-likeness (QED) is 0.621. The zero-order valence-electron chi connectivity index (χ0n) is 14.0. The lowest BCUT2D eigenvalue weighted by Gasteiger charge is -2.10. The molecule has 1 N–H and O–H groups in total. The van der Waals surface area contributed by atoms with Crippen molar-refractivity contribution in [3.63, 3.8) is 0 Å². The maximum atomic E-state index is 12.5. The van der Waals surface area contributed by atoms with Gasteiger partial charge < -0.3 is 19.2 Å². The van der Waals surface area contributed by atoms with Crippen molar-refractivity contribution in [3.8, 4) is 22.8 Å². The Morgan fingerprint density at radius 1 is 0.962 bits per heavy atom. The number of benzene rings is 2. The normalized spacial score (nSPS) is 10.5. The van der Waals surface area contributed by atoms with E-state index in [1.807, 2.05) is 0 Å². The summed E-state index contributed by atoms with van der Waals surface area (Å²) in [4.78, 5) is 12.5. The maximum absolute atomic E-state index is 12.5. The van der Waals surface area contributed by atoms with Gasteiger partial charge in [-0.25, -0.2) is 0 Å². The number of nitrogens with one attached hydrogen (secondary N) is 1. The molecule has 1 amide bonds. The summed E-state index contributed by atoms with van der Waals surface area (Å²) in [6.45, 7) is 0. The molecule has 0 saturated carbocycles. The fraction of sp³-hybridized carbons (Fsp3) is 0.105. The van der Waals surface area contributed by atoms with E-state index in [2.05, 4.69) is 5.32 Å². The van der Waals surface area contributed by atoms with Crippen LogP contribution in [0.2, 0.25) is 10.0 Å². The number of methoxy groups -OCH3 is 2. The number of carbonyl (C=O) groups is 1. The Kier molecular flexibility index (Phi) is 5.40. The molecule has 0 bridgehead atoms. The average Bonchev–Trinajstić information content (AvgIpc) is 3.14. The van der Waals surface area contributed by atoms with Gasteiger partial charge in [-0.2, -0.15) is 0 Å². The summed E-state index contributed by atoms with van der Waals surface area (Å²) in [6.07, 6.45) is 0. The molecule has 5 nitrogen and oxygen atoms in total. The standard InChI is InChI=1S/C19H15Cl2NO4/c1-24-12-4-6-15(18(10-12)25-2)22-19(23)17-8-7-16(26-17)11-3-5-13(20)14(21)9-11/h3-10H,1-2H3,(H,22,23). The lowest BCUT2D eigenvalue weighted by Crippen LogP contribution is -2.11. The minimum Gasteiger partial charge on any atom is -0.497 e. The first-order chi connectivity index (χ1) is 12.5. The molecule has 0 saturated heterocycles. The van der Waals surface area contributed by atoms with Gasteiger partial charge in [0.2, 0.25) is 0 Å². The van der Waals surface area contributed by atoms with Gasteiger partial charge in [0.05, 0.1) is 30.0 Å². The molecule has 3 rings (SSSR count). The van der Waals surface area contributed by atoms with Crippen LogP contribution < -0.4 is 14.8 Å². The van der Waals surface area contributed by atoms with E-state index in [0.717, 1.165) is 5.56 Å². The van der Waals surface area contributed by atoms with Crippen molar-refractivity contribution < 1.29 is 18.7 Å². The molecule has 0 aliphatic rings. The molecule has 0 fully saturated rings. The van der Waals surface area contributed by atoms with Crippen molar-refractivity contribution in [2.75, 3.05) is 19.5 Å². The van der Waals surface area contributed by atoms with E-state index in [1.165, 1.54) is 7.11 Å². The van der Waals surface area contributed by atoms with Gasteiger partial charge in [-0.15, -0.1) is 0 Å². The molecule has 26 heavy (non-hydrogen) atoms. The molecule has 2 aromatic carbocycles. The summed E-state index contributed by atoms with van der Waals surface area (Å²) in [5.74, 6) is 1.37. The van der Waals surface area contributed by atoms with Crippen LogP contribution in [0.15, 0.2) is 52.9 Å². The van der Waals surface area contributed by atoms with Crippen molar-refractivity contribution in [2.45, 2.75) is 0 Å². The Bertz CT molecular complexity index is 952. The van der Waals surface area contributed by atoms with Gasteiger partial charge >= 0.3 is 0 Å². The number of carbonyl (C=O) groups excluding carboxylic acids is 1. The summed E-state index contributed by atoms with van der Waals surface area (Å²) in [6, 6.07) is 13.5. The predicted molar refractivity (Wildman–Crippen MR) is 102 cm³/mol. The fourth-order valence-corrected chi connectivity index (χ4v) is 2.65. The third-order valence-electron chi connectivity index (χ3n) is 3.69. The highest BCUT2D eigenvalue weighted by Gasteiger charge is 2.15. The first-order valence-electron chi connectivity index (χ1n) is 7.60. The van der Waals surface area contributed by atoms with Gasteiger partial charge in [0.1, 0.15) is 17.3 Å². The largest absolute Gasteiger partial charge is 0.497 e. The van der Waals surface area contributed by atoms with Gasteiger partial charge in [0.15, 0.2) is 5.76 Å². The van der Waals surface area contributed by atoms with Crippen LogP contribution >= 0.6 is 23.2 Å². The first kappa shape index (κ1) is 18.2. The van der Waals surface area contributed by atoms with Gasteiger partial charge in [-0.1, -0.05) is 23.2 Å². The van der Waals surface area contributed by atoms with Crippen LogP contribution in [-0.2, 0) is 0 Å². The number of anilines is 1. The van der Waals surface area contributed by atoms with Crippen molar-refractivity contribution in [3.05, 3.63) is 64.3 Å². The van der Waals surface area contributed by atoms with Crippen LogP contribution in [-0.4, -0.2) is 20.1 Å². The monoisotopic (exact) mass is 391 g/mol. The van der Waals surface area contributed by atoms with E-state index in [0.29, 0.717) is 33.0 Å². The zero-order valence-corrected chi connectivity index (χ0v) is 15.5. The third-order valence-corrected chi connectivity index (χ3v) is 4.43. The second-order valence-electron chi connectivity index (χ2n) is 5.31. The number of amides is 1. The number of furan rings is 1. The third kappa shape index (κ3) is 3.79. The smallest absolute Gasteiger partial charge is 0.291 e. The highest BCUT2D eigenvalue weighted by atomic mass is 35.5. The van der Waals surface area contributed by atoms with E-state index in [9.17, 15) is 4.79 Å². The molecule has 0 unspecified atom stereocenters. The lowest BCUT2D eigenvalue weighted by atomic mass is 10.2. The highest BCUT2D eigenvalue weighted by Crippen LogP contribution is 2.31. The molecular weight excluding hydrogens is 377 g/mol. The van der Waals surface area contributed by atoms with Crippen LogP contribution in [0.1, 0.15) is 10.6 Å². The SMILES string of the molecule is COc1ccc(NC(=O)c2ccc(-c3ccc(Cl)c(Cl)c3)o2)c(OC)c1. The Morgan fingerprint density at radius 2 is 1.77 bits per heavy atom. The van der Waals surface area contributed by atoms with Gasteiger partial charge in [-0.3, -0.25) is 4.79 Å². The number of hydrogen-bond donors (Lipinski definition) is 1. The molecule has 0 aliphatic heterocycles. The zero-order chi connectivity index (χ0) is 18.7.